The summed E-state index contributed by atoms with van der Waals surface area (Å²) in [6, 6.07) is 9.93. The molecule has 0 atom stereocenters. The van der Waals surface area contributed by atoms with Crippen LogP contribution in [0.3, 0.4) is 0 Å². The van der Waals surface area contributed by atoms with Crippen LogP contribution < -0.4 is 0 Å². The first kappa shape index (κ1) is 11.0. The van der Waals surface area contributed by atoms with E-state index in [-0.39, 0.29) is 5.82 Å². The van der Waals surface area contributed by atoms with Crippen LogP contribution in [0.15, 0.2) is 48.9 Å². The molecule has 0 saturated heterocycles. The summed E-state index contributed by atoms with van der Waals surface area (Å²) in [6.07, 6.45) is 4.94. The third-order valence-corrected chi connectivity index (χ3v) is 3.04. The number of aryl methyl sites for hydroxylation is 1. The highest BCUT2D eigenvalue weighted by Crippen LogP contribution is 2.18. The Bertz CT molecular complexity index is 701. The largest absolute Gasteiger partial charge is 0.343 e. The zero-order valence-electron chi connectivity index (χ0n) is 10.1. The lowest BCUT2D eigenvalue weighted by Crippen LogP contribution is -1.98. The van der Waals surface area contributed by atoms with Crippen LogP contribution >= 0.6 is 0 Å². The van der Waals surface area contributed by atoms with E-state index in [1.165, 1.54) is 23.2 Å². The van der Waals surface area contributed by atoms with Gasteiger partial charge >= 0.3 is 0 Å². The Balaban J connectivity index is 2.00. The Morgan fingerprint density at radius 1 is 1.17 bits per heavy atom. The van der Waals surface area contributed by atoms with Gasteiger partial charge in [0.15, 0.2) is 0 Å². The van der Waals surface area contributed by atoms with Crippen LogP contribution in [0.2, 0.25) is 0 Å². The molecule has 0 amide bonds. The van der Waals surface area contributed by atoms with E-state index >= 15 is 0 Å². The number of fused-ring (bicyclic) bond motifs is 1. The molecular formula is C15H13FN2. The molecule has 18 heavy (non-hydrogen) atoms. The highest BCUT2D eigenvalue weighted by atomic mass is 19.1. The molecule has 3 rings (SSSR count). The van der Waals surface area contributed by atoms with E-state index in [9.17, 15) is 4.39 Å². The molecule has 0 aliphatic heterocycles. The Hall–Kier alpha value is -2.16. The molecule has 2 aromatic heterocycles. The van der Waals surface area contributed by atoms with E-state index in [4.69, 9.17) is 0 Å². The summed E-state index contributed by atoms with van der Waals surface area (Å²) in [5.74, 6) is -0.292. The summed E-state index contributed by atoms with van der Waals surface area (Å²) in [4.78, 5) is 3.87. The zero-order valence-corrected chi connectivity index (χ0v) is 10.1. The Kier molecular flexibility index (Phi) is 2.59. The monoisotopic (exact) mass is 240 g/mol. The van der Waals surface area contributed by atoms with Gasteiger partial charge in [0, 0.05) is 24.5 Å². The number of nitrogens with zero attached hydrogens (tertiary/aromatic N) is 2. The van der Waals surface area contributed by atoms with Crippen LogP contribution in [0.5, 0.6) is 0 Å². The topological polar surface area (TPSA) is 17.8 Å². The smallest absolute Gasteiger partial charge is 0.141 e. The van der Waals surface area contributed by atoms with Crippen molar-refractivity contribution < 1.29 is 4.39 Å². The first-order valence-electron chi connectivity index (χ1n) is 5.87. The van der Waals surface area contributed by atoms with Crippen LogP contribution in [-0.2, 0) is 6.54 Å². The minimum Gasteiger partial charge on any atom is -0.343 e. The quantitative estimate of drug-likeness (QED) is 0.670. The lowest BCUT2D eigenvalue weighted by atomic mass is 10.2. The fourth-order valence-corrected chi connectivity index (χ4v) is 2.20. The van der Waals surface area contributed by atoms with Crippen molar-refractivity contribution in [3.05, 3.63) is 65.9 Å². The predicted octanol–water partition coefficient (Wildman–Crippen LogP) is 3.53. The number of hydrogen-bond acceptors (Lipinski definition) is 1. The second-order valence-electron chi connectivity index (χ2n) is 4.52. The standard InChI is InChI=1S/C15H13FN2/c1-11-2-3-15-13(6-11)4-5-18(15)10-12-7-14(16)9-17-8-12/h2-9H,10H2,1H3. The maximum Gasteiger partial charge on any atom is 0.141 e. The third-order valence-electron chi connectivity index (χ3n) is 3.04. The lowest BCUT2D eigenvalue weighted by Gasteiger charge is -2.05. The third kappa shape index (κ3) is 1.99. The van der Waals surface area contributed by atoms with E-state index in [0.717, 1.165) is 11.1 Å². The van der Waals surface area contributed by atoms with Gasteiger partial charge in [-0.2, -0.15) is 0 Å². The second-order valence-corrected chi connectivity index (χ2v) is 4.52. The Morgan fingerprint density at radius 2 is 2.06 bits per heavy atom. The average Bonchev–Trinajstić information content (AvgIpc) is 2.72. The molecule has 0 saturated carbocycles. The van der Waals surface area contributed by atoms with Crippen molar-refractivity contribution in [2.45, 2.75) is 13.5 Å². The molecule has 3 aromatic rings. The van der Waals surface area contributed by atoms with Gasteiger partial charge in [0.1, 0.15) is 5.82 Å². The fourth-order valence-electron chi connectivity index (χ4n) is 2.20. The molecule has 2 heterocycles. The van der Waals surface area contributed by atoms with Crippen molar-refractivity contribution in [3.63, 3.8) is 0 Å². The fraction of sp³-hybridized carbons (Fsp3) is 0.133. The zero-order chi connectivity index (χ0) is 12.5. The minimum atomic E-state index is -0.292. The molecule has 0 radical (unpaired) electrons. The van der Waals surface area contributed by atoms with Gasteiger partial charge in [-0.1, -0.05) is 11.6 Å². The van der Waals surface area contributed by atoms with Crippen molar-refractivity contribution >= 4 is 10.9 Å². The highest BCUT2D eigenvalue weighted by Gasteiger charge is 2.03. The molecule has 0 unspecified atom stereocenters. The lowest BCUT2D eigenvalue weighted by molar-refractivity contribution is 0.617. The Labute approximate surface area is 105 Å². The number of hydrogen-bond donors (Lipinski definition) is 0. The van der Waals surface area contributed by atoms with Gasteiger partial charge in [-0.05, 0) is 42.1 Å². The number of pyridine rings is 1. The first-order chi connectivity index (χ1) is 8.72. The normalized spacial score (nSPS) is 11.0. The summed E-state index contributed by atoms with van der Waals surface area (Å²) in [6.45, 7) is 2.71. The van der Waals surface area contributed by atoms with Crippen molar-refractivity contribution in [2.24, 2.45) is 0 Å². The van der Waals surface area contributed by atoms with E-state index in [1.807, 2.05) is 6.20 Å². The molecule has 0 N–H and O–H groups in total. The van der Waals surface area contributed by atoms with Crippen LogP contribution in [0, 0.1) is 12.7 Å². The summed E-state index contributed by atoms with van der Waals surface area (Å²) >= 11 is 0. The molecule has 0 aliphatic rings. The van der Waals surface area contributed by atoms with Gasteiger partial charge in [-0.15, -0.1) is 0 Å². The van der Waals surface area contributed by atoms with E-state index in [1.54, 1.807) is 6.20 Å². The van der Waals surface area contributed by atoms with Gasteiger partial charge in [0.25, 0.3) is 0 Å². The molecule has 2 nitrogen and oxygen atoms in total. The van der Waals surface area contributed by atoms with E-state index in [2.05, 4.69) is 40.7 Å². The maximum atomic E-state index is 13.1. The van der Waals surface area contributed by atoms with Gasteiger partial charge in [0.2, 0.25) is 0 Å². The SMILES string of the molecule is Cc1ccc2c(ccn2Cc2cncc(F)c2)c1. The van der Waals surface area contributed by atoms with E-state index in [0.29, 0.717) is 6.54 Å². The first-order valence-corrected chi connectivity index (χ1v) is 5.87. The second kappa shape index (κ2) is 4.26. The van der Waals surface area contributed by atoms with Crippen LogP contribution in [0.25, 0.3) is 10.9 Å². The van der Waals surface area contributed by atoms with Crippen molar-refractivity contribution in [2.75, 3.05) is 0 Å². The molecule has 90 valence electrons. The number of rotatable bonds is 2. The van der Waals surface area contributed by atoms with Crippen LogP contribution in [0.1, 0.15) is 11.1 Å². The number of benzene rings is 1. The number of aromatic nitrogens is 2. The van der Waals surface area contributed by atoms with Gasteiger partial charge < -0.3 is 4.57 Å². The van der Waals surface area contributed by atoms with Gasteiger partial charge in [-0.3, -0.25) is 4.98 Å². The molecule has 0 bridgehead atoms. The van der Waals surface area contributed by atoms with Crippen molar-refractivity contribution in [1.82, 2.24) is 9.55 Å². The minimum absolute atomic E-state index is 0.292. The van der Waals surface area contributed by atoms with Crippen molar-refractivity contribution in [1.29, 1.82) is 0 Å². The number of halogens is 1. The van der Waals surface area contributed by atoms with Gasteiger partial charge in [0.05, 0.1) is 6.20 Å². The molecular weight excluding hydrogens is 227 g/mol. The molecule has 1 aromatic carbocycles. The summed E-state index contributed by atoms with van der Waals surface area (Å²) in [5.41, 5.74) is 3.27. The van der Waals surface area contributed by atoms with Crippen LogP contribution in [0.4, 0.5) is 4.39 Å². The summed E-state index contributed by atoms with van der Waals surface area (Å²) in [5, 5.41) is 1.21. The summed E-state index contributed by atoms with van der Waals surface area (Å²) < 4.78 is 15.2. The van der Waals surface area contributed by atoms with E-state index < -0.39 is 0 Å². The molecule has 0 fully saturated rings. The molecule has 3 heteroatoms. The average molecular weight is 240 g/mol. The highest BCUT2D eigenvalue weighted by molar-refractivity contribution is 5.80. The Morgan fingerprint density at radius 3 is 2.89 bits per heavy atom. The predicted molar refractivity (Wildman–Crippen MR) is 70.0 cm³/mol. The molecule has 0 spiro atoms. The molecule has 0 aliphatic carbocycles. The maximum absolute atomic E-state index is 13.1. The summed E-state index contributed by atoms with van der Waals surface area (Å²) in [7, 11) is 0. The van der Waals surface area contributed by atoms with Gasteiger partial charge in [-0.25, -0.2) is 4.39 Å². The van der Waals surface area contributed by atoms with Crippen LogP contribution in [-0.4, -0.2) is 9.55 Å². The van der Waals surface area contributed by atoms with Crippen molar-refractivity contribution in [3.8, 4) is 0 Å².